The molecule has 5 heteroatoms. The molecule has 51 heavy (non-hydrogen) atoms. The topological polar surface area (TPSA) is 42.0 Å². The van der Waals surface area contributed by atoms with E-state index in [0.29, 0.717) is 6.61 Å². The van der Waals surface area contributed by atoms with E-state index in [1.165, 1.54) is 180 Å². The first-order valence-electron chi connectivity index (χ1n) is 23.1. The predicted molar refractivity (Wildman–Crippen MR) is 225 cm³/mol. The van der Waals surface area contributed by atoms with E-state index < -0.39 is 0 Å². The van der Waals surface area contributed by atoms with Crippen molar-refractivity contribution in [1.29, 1.82) is 0 Å². The smallest absolute Gasteiger partial charge is 0.308 e. The minimum atomic E-state index is 0.0737. The number of unbranched alkanes of at least 4 members (excludes halogenated alkanes) is 20. The number of carbonyl (C=O) groups excluding carboxylic acids is 1. The Morgan fingerprint density at radius 2 is 0.882 bits per heavy atom. The van der Waals surface area contributed by atoms with Crippen molar-refractivity contribution < 1.29 is 14.3 Å². The van der Waals surface area contributed by atoms with E-state index in [1.54, 1.807) is 0 Å². The molecule has 0 aromatic carbocycles. The molecule has 2 unspecified atom stereocenters. The van der Waals surface area contributed by atoms with Gasteiger partial charge in [-0.2, -0.15) is 0 Å². The summed E-state index contributed by atoms with van der Waals surface area (Å²) in [5.41, 5.74) is 0. The van der Waals surface area contributed by atoms with E-state index in [1.807, 2.05) is 0 Å². The summed E-state index contributed by atoms with van der Waals surface area (Å²) in [6, 6.07) is 0. The van der Waals surface area contributed by atoms with Gasteiger partial charge in [-0.25, -0.2) is 0 Å². The molecule has 0 saturated carbocycles. The summed E-state index contributed by atoms with van der Waals surface area (Å²) < 4.78 is 11.9. The molecule has 0 bridgehead atoms. The highest BCUT2D eigenvalue weighted by molar-refractivity contribution is 5.72. The molecule has 0 aliphatic heterocycles. The lowest BCUT2D eigenvalue weighted by Crippen LogP contribution is -2.33. The summed E-state index contributed by atoms with van der Waals surface area (Å²) in [5, 5.41) is 0. The van der Waals surface area contributed by atoms with Gasteiger partial charge < -0.3 is 19.3 Å². The van der Waals surface area contributed by atoms with Gasteiger partial charge >= 0.3 is 5.97 Å². The van der Waals surface area contributed by atoms with E-state index in [-0.39, 0.29) is 11.9 Å². The van der Waals surface area contributed by atoms with Crippen LogP contribution in [0, 0.1) is 11.8 Å². The van der Waals surface area contributed by atoms with Gasteiger partial charge in [-0.15, -0.1) is 0 Å². The van der Waals surface area contributed by atoms with Crippen LogP contribution in [0.2, 0.25) is 0 Å². The molecule has 0 rings (SSSR count). The summed E-state index contributed by atoms with van der Waals surface area (Å²) in [4.78, 5) is 17.7. The molecular formula is C46H94N2O3. The molecular weight excluding hydrogens is 629 g/mol. The standard InChI is InChI=1S/C46H94N2O3/c1-7-11-15-27-34-44(33-13-9-3)43-50-41-31-25-21-17-19-23-29-37-48(40-39-47(5)6)38-30-24-20-18-22-26-32-42-51-46(49)45(35-14-10-4)36-28-16-12-8-2/h44-45H,7-43H2,1-6H3. The highest BCUT2D eigenvalue weighted by Crippen LogP contribution is 2.20. The fourth-order valence-corrected chi connectivity index (χ4v) is 7.27. The second kappa shape index (κ2) is 40.5. The van der Waals surface area contributed by atoms with Crippen molar-refractivity contribution in [3.8, 4) is 0 Å². The number of likely N-dealkylation sites (N-methyl/N-ethyl adjacent to an activating group) is 1. The van der Waals surface area contributed by atoms with Crippen LogP contribution >= 0.6 is 0 Å². The predicted octanol–water partition coefficient (Wildman–Crippen LogP) is 13.4. The first-order chi connectivity index (χ1) is 25.0. The van der Waals surface area contributed by atoms with Crippen LogP contribution in [0.1, 0.15) is 220 Å². The highest BCUT2D eigenvalue weighted by Gasteiger charge is 2.19. The maximum Gasteiger partial charge on any atom is 0.308 e. The summed E-state index contributed by atoms with van der Waals surface area (Å²) in [6.07, 6.45) is 38.4. The second-order valence-electron chi connectivity index (χ2n) is 16.4. The van der Waals surface area contributed by atoms with E-state index in [0.717, 1.165) is 57.8 Å². The lowest BCUT2D eigenvalue weighted by molar-refractivity contribution is -0.149. The molecule has 5 nitrogen and oxygen atoms in total. The number of ether oxygens (including phenoxy) is 2. The fourth-order valence-electron chi connectivity index (χ4n) is 7.27. The Hall–Kier alpha value is -0.650. The molecule has 0 fully saturated rings. The van der Waals surface area contributed by atoms with Crippen molar-refractivity contribution in [2.75, 3.05) is 60.1 Å². The molecule has 0 amide bonds. The maximum atomic E-state index is 12.7. The molecule has 0 saturated heterocycles. The van der Waals surface area contributed by atoms with Crippen LogP contribution in [0.4, 0.5) is 0 Å². The third kappa shape index (κ3) is 36.1. The number of hydrogen-bond donors (Lipinski definition) is 0. The lowest BCUT2D eigenvalue weighted by Gasteiger charge is -2.24. The molecule has 0 aromatic rings. The summed E-state index contributed by atoms with van der Waals surface area (Å²) >= 11 is 0. The average molecular weight is 723 g/mol. The summed E-state index contributed by atoms with van der Waals surface area (Å²) in [6.45, 7) is 16.5. The van der Waals surface area contributed by atoms with Gasteiger partial charge in [-0.1, -0.05) is 169 Å². The highest BCUT2D eigenvalue weighted by atomic mass is 16.5. The van der Waals surface area contributed by atoms with E-state index in [2.05, 4.69) is 51.6 Å². The Morgan fingerprint density at radius 1 is 0.451 bits per heavy atom. The van der Waals surface area contributed by atoms with Crippen molar-refractivity contribution in [2.45, 2.75) is 220 Å². The zero-order valence-corrected chi connectivity index (χ0v) is 35.9. The Balaban J connectivity index is 3.93. The Bertz CT molecular complexity index is 687. The van der Waals surface area contributed by atoms with Gasteiger partial charge in [0.2, 0.25) is 0 Å². The largest absolute Gasteiger partial charge is 0.465 e. The fraction of sp³-hybridized carbons (Fsp3) is 0.978. The second-order valence-corrected chi connectivity index (χ2v) is 16.4. The quantitative estimate of drug-likeness (QED) is 0.0463. The zero-order valence-electron chi connectivity index (χ0n) is 35.9. The van der Waals surface area contributed by atoms with E-state index >= 15 is 0 Å². The average Bonchev–Trinajstić information content (AvgIpc) is 3.12. The zero-order chi connectivity index (χ0) is 37.5. The van der Waals surface area contributed by atoms with Crippen LogP contribution in [0.25, 0.3) is 0 Å². The van der Waals surface area contributed by atoms with E-state index in [4.69, 9.17) is 9.47 Å². The summed E-state index contributed by atoms with van der Waals surface area (Å²) in [7, 11) is 4.39. The van der Waals surface area contributed by atoms with Crippen molar-refractivity contribution in [3.63, 3.8) is 0 Å². The van der Waals surface area contributed by atoms with Crippen LogP contribution in [-0.2, 0) is 14.3 Å². The van der Waals surface area contributed by atoms with Crippen LogP contribution < -0.4 is 0 Å². The van der Waals surface area contributed by atoms with Gasteiger partial charge in [0.1, 0.15) is 0 Å². The van der Waals surface area contributed by atoms with Crippen LogP contribution in [-0.4, -0.2) is 75.9 Å². The Labute approximate surface area is 321 Å². The molecule has 0 spiro atoms. The van der Waals surface area contributed by atoms with Crippen molar-refractivity contribution in [2.24, 2.45) is 11.8 Å². The van der Waals surface area contributed by atoms with Gasteiger partial charge in [-0.3, -0.25) is 4.79 Å². The molecule has 0 radical (unpaired) electrons. The lowest BCUT2D eigenvalue weighted by atomic mass is 9.95. The van der Waals surface area contributed by atoms with Gasteiger partial charge in [0.15, 0.2) is 0 Å². The molecule has 0 aliphatic carbocycles. The van der Waals surface area contributed by atoms with Crippen LogP contribution in [0.3, 0.4) is 0 Å². The Morgan fingerprint density at radius 3 is 1.43 bits per heavy atom. The number of rotatable bonds is 42. The van der Waals surface area contributed by atoms with Crippen LogP contribution in [0.15, 0.2) is 0 Å². The molecule has 306 valence electrons. The Kier molecular flexibility index (Phi) is 40.0. The van der Waals surface area contributed by atoms with Gasteiger partial charge in [-0.05, 0) is 84.5 Å². The number of carbonyl (C=O) groups is 1. The van der Waals surface area contributed by atoms with Gasteiger partial charge in [0.25, 0.3) is 0 Å². The third-order valence-corrected chi connectivity index (χ3v) is 10.9. The third-order valence-electron chi connectivity index (χ3n) is 10.9. The SMILES string of the molecule is CCCCCCC(CCCC)COCCCCCCCCCN(CCCCCCCCCOC(=O)C(CCCC)CCCCCC)CCN(C)C. The summed E-state index contributed by atoms with van der Waals surface area (Å²) in [5.74, 6) is 0.991. The van der Waals surface area contributed by atoms with Gasteiger partial charge in [0, 0.05) is 26.3 Å². The first kappa shape index (κ1) is 50.4. The van der Waals surface area contributed by atoms with Gasteiger partial charge in [0.05, 0.1) is 12.5 Å². The monoisotopic (exact) mass is 723 g/mol. The minimum Gasteiger partial charge on any atom is -0.465 e. The molecule has 2 atom stereocenters. The molecule has 0 heterocycles. The molecule has 0 aromatic heterocycles. The molecule has 0 aliphatic rings. The normalized spacial score (nSPS) is 13.0. The maximum absolute atomic E-state index is 12.7. The van der Waals surface area contributed by atoms with Crippen molar-refractivity contribution in [3.05, 3.63) is 0 Å². The number of nitrogens with zero attached hydrogens (tertiary/aromatic N) is 2. The minimum absolute atomic E-state index is 0.0737. The first-order valence-corrected chi connectivity index (χ1v) is 23.1. The van der Waals surface area contributed by atoms with E-state index in [9.17, 15) is 4.79 Å². The van der Waals surface area contributed by atoms with Crippen molar-refractivity contribution in [1.82, 2.24) is 9.80 Å². The van der Waals surface area contributed by atoms with Crippen LogP contribution in [0.5, 0.6) is 0 Å². The number of hydrogen-bond acceptors (Lipinski definition) is 5. The number of esters is 1. The van der Waals surface area contributed by atoms with Crippen molar-refractivity contribution >= 4 is 5.97 Å². The molecule has 0 N–H and O–H groups in total.